The lowest BCUT2D eigenvalue weighted by Gasteiger charge is -2.31. The van der Waals surface area contributed by atoms with Crippen molar-refractivity contribution in [1.82, 2.24) is 4.90 Å². The molecule has 0 radical (unpaired) electrons. The Morgan fingerprint density at radius 2 is 2.10 bits per heavy atom. The summed E-state index contributed by atoms with van der Waals surface area (Å²) < 4.78 is 0. The Kier molecular flexibility index (Phi) is 6.40. The highest BCUT2D eigenvalue weighted by Gasteiger charge is 2.21. The van der Waals surface area contributed by atoms with Crippen molar-refractivity contribution in [3.05, 3.63) is 35.4 Å². The van der Waals surface area contributed by atoms with Crippen LogP contribution >= 0.6 is 0 Å². The molecule has 1 heterocycles. The second kappa shape index (κ2) is 8.30. The molecule has 1 aromatic rings. The molecule has 3 nitrogen and oxygen atoms in total. The molecule has 0 saturated carbocycles. The lowest BCUT2D eigenvalue weighted by Crippen LogP contribution is -2.39. The highest BCUT2D eigenvalue weighted by molar-refractivity contribution is 5.97. The first-order valence-corrected chi connectivity index (χ1v) is 8.18. The number of hydrogen-bond donors (Lipinski definition) is 1. The van der Waals surface area contributed by atoms with Crippen LogP contribution in [0.25, 0.3) is 0 Å². The van der Waals surface area contributed by atoms with Crippen LogP contribution in [0.3, 0.4) is 0 Å². The fourth-order valence-electron chi connectivity index (χ4n) is 3.15. The van der Waals surface area contributed by atoms with Gasteiger partial charge in [-0.3, -0.25) is 9.69 Å². The first-order valence-electron chi connectivity index (χ1n) is 8.18. The average molecular weight is 289 g/mol. The molecule has 0 aromatic heterocycles. The highest BCUT2D eigenvalue weighted by atomic mass is 16.3. The number of benzene rings is 1. The number of piperidine rings is 1. The maximum absolute atomic E-state index is 12.4. The van der Waals surface area contributed by atoms with Crippen molar-refractivity contribution in [3.8, 4) is 0 Å². The van der Waals surface area contributed by atoms with Gasteiger partial charge >= 0.3 is 0 Å². The van der Waals surface area contributed by atoms with Crippen LogP contribution in [0, 0.1) is 5.92 Å². The number of aliphatic hydroxyl groups is 1. The molecule has 1 atom stereocenters. The Balaban J connectivity index is 1.88. The summed E-state index contributed by atoms with van der Waals surface area (Å²) in [4.78, 5) is 14.6. The summed E-state index contributed by atoms with van der Waals surface area (Å²) >= 11 is 0. The van der Waals surface area contributed by atoms with Gasteiger partial charge in [-0.2, -0.15) is 0 Å². The Morgan fingerprint density at radius 1 is 1.33 bits per heavy atom. The number of ketones is 1. The van der Waals surface area contributed by atoms with Crippen molar-refractivity contribution in [1.29, 1.82) is 0 Å². The lowest BCUT2D eigenvalue weighted by atomic mass is 9.94. The third-order valence-corrected chi connectivity index (χ3v) is 4.32. The van der Waals surface area contributed by atoms with E-state index in [0.717, 1.165) is 44.3 Å². The van der Waals surface area contributed by atoms with Gasteiger partial charge in [-0.05, 0) is 43.7 Å². The molecule has 21 heavy (non-hydrogen) atoms. The van der Waals surface area contributed by atoms with E-state index < -0.39 is 0 Å². The quantitative estimate of drug-likeness (QED) is 0.785. The van der Waals surface area contributed by atoms with Gasteiger partial charge in [0.05, 0.1) is 6.54 Å². The molecule has 1 aromatic carbocycles. The fraction of sp³-hybridized carbons (Fsp3) is 0.611. The maximum Gasteiger partial charge on any atom is 0.176 e. The van der Waals surface area contributed by atoms with Gasteiger partial charge in [0.2, 0.25) is 0 Å². The number of likely N-dealkylation sites (tertiary alicyclic amines) is 1. The Bertz CT molecular complexity index is 439. The summed E-state index contributed by atoms with van der Waals surface area (Å²) in [7, 11) is 0. The number of Topliss-reactive ketones (excluding diaryl/α,β-unsaturated/α-hetero) is 1. The molecule has 1 aliphatic rings. The van der Waals surface area contributed by atoms with Gasteiger partial charge < -0.3 is 5.11 Å². The minimum absolute atomic E-state index is 0.211. The van der Waals surface area contributed by atoms with Crippen molar-refractivity contribution >= 4 is 5.78 Å². The van der Waals surface area contributed by atoms with E-state index in [1.165, 1.54) is 12.0 Å². The molecular formula is C18H27NO2. The zero-order valence-electron chi connectivity index (χ0n) is 13.1. The molecule has 1 fully saturated rings. The molecule has 2 rings (SSSR count). The zero-order chi connectivity index (χ0) is 15.1. The van der Waals surface area contributed by atoms with E-state index in [1.807, 2.05) is 12.1 Å². The number of aliphatic hydroxyl groups excluding tert-OH is 1. The van der Waals surface area contributed by atoms with Crippen LogP contribution in [0.2, 0.25) is 0 Å². The predicted octanol–water partition coefficient (Wildman–Crippen LogP) is 2.92. The monoisotopic (exact) mass is 289 g/mol. The summed E-state index contributed by atoms with van der Waals surface area (Å²) in [6, 6.07) is 8.06. The third-order valence-electron chi connectivity index (χ3n) is 4.32. The molecule has 0 amide bonds. The molecular weight excluding hydrogens is 262 g/mol. The summed E-state index contributed by atoms with van der Waals surface area (Å²) in [5, 5.41) is 9.05. The molecule has 1 unspecified atom stereocenters. The first kappa shape index (κ1) is 16.2. The van der Waals surface area contributed by atoms with E-state index in [0.29, 0.717) is 12.5 Å². The predicted molar refractivity (Wildman–Crippen MR) is 85.6 cm³/mol. The van der Waals surface area contributed by atoms with Crippen molar-refractivity contribution in [2.24, 2.45) is 5.92 Å². The van der Waals surface area contributed by atoms with Crippen LogP contribution in [0.1, 0.15) is 48.5 Å². The van der Waals surface area contributed by atoms with E-state index in [4.69, 9.17) is 5.11 Å². The number of carbonyl (C=O) groups is 1. The normalized spacial score (nSPS) is 19.6. The Hall–Kier alpha value is -1.19. The van der Waals surface area contributed by atoms with Crippen LogP contribution in [0.5, 0.6) is 0 Å². The number of rotatable bonds is 7. The van der Waals surface area contributed by atoms with Crippen LogP contribution in [0.15, 0.2) is 24.3 Å². The molecule has 3 heteroatoms. The molecule has 0 bridgehead atoms. The molecule has 0 spiro atoms. The smallest absolute Gasteiger partial charge is 0.176 e. The summed E-state index contributed by atoms with van der Waals surface area (Å²) in [6.45, 7) is 4.88. The Labute approximate surface area is 128 Å². The number of nitrogens with zero attached hydrogens (tertiary/aromatic N) is 1. The zero-order valence-corrected chi connectivity index (χ0v) is 13.1. The first-order chi connectivity index (χ1) is 10.2. The van der Waals surface area contributed by atoms with Gasteiger partial charge in [-0.15, -0.1) is 0 Å². The van der Waals surface area contributed by atoms with Crippen LogP contribution in [-0.4, -0.2) is 42.0 Å². The van der Waals surface area contributed by atoms with Crippen molar-refractivity contribution in [3.63, 3.8) is 0 Å². The largest absolute Gasteiger partial charge is 0.396 e. The number of hydrogen-bond acceptors (Lipinski definition) is 3. The second-order valence-electron chi connectivity index (χ2n) is 6.13. The molecule has 1 N–H and O–H groups in total. The summed E-state index contributed by atoms with van der Waals surface area (Å²) in [5.74, 6) is 0.756. The molecule has 1 saturated heterocycles. The van der Waals surface area contributed by atoms with Crippen molar-refractivity contribution in [2.75, 3.05) is 26.2 Å². The minimum Gasteiger partial charge on any atom is -0.396 e. The third kappa shape index (κ3) is 4.94. The van der Waals surface area contributed by atoms with Crippen LogP contribution < -0.4 is 0 Å². The average Bonchev–Trinajstić information content (AvgIpc) is 2.49. The van der Waals surface area contributed by atoms with Crippen LogP contribution in [0.4, 0.5) is 0 Å². The van der Waals surface area contributed by atoms with E-state index in [2.05, 4.69) is 24.0 Å². The van der Waals surface area contributed by atoms with Crippen molar-refractivity contribution < 1.29 is 9.90 Å². The summed E-state index contributed by atoms with van der Waals surface area (Å²) in [6.07, 6.45) is 5.37. The van der Waals surface area contributed by atoms with E-state index in [9.17, 15) is 4.79 Å². The summed E-state index contributed by atoms with van der Waals surface area (Å²) in [5.41, 5.74) is 2.12. The maximum atomic E-state index is 12.4. The number of carbonyl (C=O) groups excluding carboxylic acids is 1. The van der Waals surface area contributed by atoms with Gasteiger partial charge in [-0.25, -0.2) is 0 Å². The van der Waals surface area contributed by atoms with Gasteiger partial charge in [0.1, 0.15) is 0 Å². The molecule has 1 aliphatic heterocycles. The van der Waals surface area contributed by atoms with E-state index in [1.54, 1.807) is 0 Å². The van der Waals surface area contributed by atoms with Gasteiger partial charge in [0.15, 0.2) is 5.78 Å². The minimum atomic E-state index is 0.211. The molecule has 116 valence electrons. The second-order valence-corrected chi connectivity index (χ2v) is 6.13. The number of aryl methyl sites for hydroxylation is 1. The standard InChI is InChI=1S/C18H27NO2/c1-2-4-15-6-8-17(9-7-15)18(21)14-19-11-3-5-16(13-19)10-12-20/h6-9,16,20H,2-5,10-14H2,1H3. The van der Waals surface area contributed by atoms with Gasteiger partial charge in [0, 0.05) is 18.7 Å². The van der Waals surface area contributed by atoms with Crippen LogP contribution in [-0.2, 0) is 6.42 Å². The SMILES string of the molecule is CCCc1ccc(C(=O)CN2CCCC(CCO)C2)cc1. The Morgan fingerprint density at radius 3 is 2.76 bits per heavy atom. The highest BCUT2D eigenvalue weighted by Crippen LogP contribution is 2.19. The lowest BCUT2D eigenvalue weighted by molar-refractivity contribution is 0.0871. The fourth-order valence-corrected chi connectivity index (χ4v) is 3.15. The van der Waals surface area contributed by atoms with E-state index >= 15 is 0 Å². The van der Waals surface area contributed by atoms with E-state index in [-0.39, 0.29) is 12.4 Å². The molecule has 0 aliphatic carbocycles. The van der Waals surface area contributed by atoms with Gasteiger partial charge in [-0.1, -0.05) is 37.6 Å². The topological polar surface area (TPSA) is 40.5 Å². The van der Waals surface area contributed by atoms with Crippen molar-refractivity contribution in [2.45, 2.75) is 39.0 Å². The van der Waals surface area contributed by atoms with Gasteiger partial charge in [0.25, 0.3) is 0 Å².